The molecule has 0 aromatic carbocycles. The molecule has 1 atom stereocenters. The first kappa shape index (κ1) is 12.0. The van der Waals surface area contributed by atoms with Gasteiger partial charge in [0.05, 0.1) is 16.4 Å². The van der Waals surface area contributed by atoms with E-state index in [0.717, 1.165) is 17.1 Å². The fourth-order valence-corrected chi connectivity index (χ4v) is 4.48. The third-order valence-electron chi connectivity index (χ3n) is 3.77. The number of hydrogen-bond donors (Lipinski definition) is 1. The van der Waals surface area contributed by atoms with Gasteiger partial charge in [-0.2, -0.15) is 0 Å². The molecule has 1 fully saturated rings. The zero-order valence-corrected chi connectivity index (χ0v) is 12.6. The van der Waals surface area contributed by atoms with Crippen LogP contribution in [0.4, 0.5) is 0 Å². The van der Waals surface area contributed by atoms with Crippen molar-refractivity contribution in [3.8, 4) is 0 Å². The maximum absolute atomic E-state index is 4.88. The van der Waals surface area contributed by atoms with E-state index in [9.17, 15) is 0 Å². The number of aryl methyl sites for hydroxylation is 3. The molecule has 2 aliphatic rings. The first-order chi connectivity index (χ1) is 9.29. The van der Waals surface area contributed by atoms with Crippen molar-refractivity contribution in [1.29, 1.82) is 0 Å². The van der Waals surface area contributed by atoms with Crippen LogP contribution in [0, 0.1) is 6.92 Å². The summed E-state index contributed by atoms with van der Waals surface area (Å²) in [5, 5.41) is 8.26. The highest BCUT2D eigenvalue weighted by Gasteiger charge is 2.30. The first-order valence-electron chi connectivity index (χ1n) is 6.96. The fourth-order valence-electron chi connectivity index (χ4n) is 2.62. The number of fused-ring (bicyclic) bond motifs is 1. The average Bonchev–Trinajstić information content (AvgIpc) is 2.78. The summed E-state index contributed by atoms with van der Waals surface area (Å²) >= 11 is 3.63. The topological polar surface area (TPSA) is 37.8 Å². The summed E-state index contributed by atoms with van der Waals surface area (Å²) in [6, 6.07) is 0.888. The normalized spacial score (nSPS) is 19.6. The van der Waals surface area contributed by atoms with Crippen molar-refractivity contribution in [2.24, 2.45) is 0 Å². The molecule has 2 aromatic rings. The minimum absolute atomic E-state index is 0.216. The second-order valence-electron chi connectivity index (χ2n) is 5.44. The summed E-state index contributed by atoms with van der Waals surface area (Å²) < 4.78 is 0. The van der Waals surface area contributed by atoms with E-state index in [1.165, 1.54) is 41.3 Å². The molecule has 1 unspecified atom stereocenters. The van der Waals surface area contributed by atoms with Gasteiger partial charge < -0.3 is 5.32 Å². The van der Waals surface area contributed by atoms with Crippen molar-refractivity contribution in [2.75, 3.05) is 0 Å². The average molecular weight is 291 g/mol. The van der Waals surface area contributed by atoms with Gasteiger partial charge in [0.15, 0.2) is 0 Å². The molecule has 0 amide bonds. The highest BCUT2D eigenvalue weighted by molar-refractivity contribution is 7.12. The Morgan fingerprint density at radius 2 is 2.21 bits per heavy atom. The largest absolute Gasteiger partial charge is 0.300 e. The predicted molar refractivity (Wildman–Crippen MR) is 79.0 cm³/mol. The highest BCUT2D eigenvalue weighted by Crippen LogP contribution is 2.35. The van der Waals surface area contributed by atoms with Gasteiger partial charge in [0, 0.05) is 16.3 Å². The van der Waals surface area contributed by atoms with Crippen molar-refractivity contribution < 1.29 is 0 Å². The van der Waals surface area contributed by atoms with E-state index in [1.54, 1.807) is 11.3 Å². The Kier molecular flexibility index (Phi) is 2.94. The number of rotatable bonds is 4. The van der Waals surface area contributed by atoms with Crippen LogP contribution in [-0.4, -0.2) is 16.0 Å². The van der Waals surface area contributed by atoms with Crippen LogP contribution in [0.2, 0.25) is 0 Å². The molecule has 3 nitrogen and oxygen atoms in total. The van der Waals surface area contributed by atoms with Gasteiger partial charge in [-0.1, -0.05) is 0 Å². The van der Waals surface area contributed by atoms with E-state index in [1.807, 2.05) is 11.3 Å². The zero-order chi connectivity index (χ0) is 12.8. The second-order valence-corrected chi connectivity index (χ2v) is 7.62. The highest BCUT2D eigenvalue weighted by atomic mass is 32.1. The molecule has 4 rings (SSSR count). The van der Waals surface area contributed by atoms with Crippen LogP contribution < -0.4 is 5.32 Å². The quantitative estimate of drug-likeness (QED) is 0.939. The van der Waals surface area contributed by atoms with E-state index >= 15 is 0 Å². The number of aromatic nitrogens is 2. The van der Waals surface area contributed by atoms with Crippen LogP contribution in [0.1, 0.15) is 51.6 Å². The molecule has 1 N–H and O–H groups in total. The minimum atomic E-state index is 0.216. The van der Waals surface area contributed by atoms with Crippen LogP contribution in [0.15, 0.2) is 5.38 Å². The van der Waals surface area contributed by atoms with E-state index in [2.05, 4.69) is 22.6 Å². The van der Waals surface area contributed by atoms with Crippen molar-refractivity contribution in [2.45, 2.75) is 51.1 Å². The van der Waals surface area contributed by atoms with Crippen molar-refractivity contribution in [3.05, 3.63) is 31.7 Å². The zero-order valence-electron chi connectivity index (χ0n) is 11.0. The molecular formula is C14H17N3S2. The van der Waals surface area contributed by atoms with E-state index in [-0.39, 0.29) is 6.04 Å². The Labute approximate surface area is 121 Å². The smallest absolute Gasteiger partial charge is 0.116 e. The van der Waals surface area contributed by atoms with Gasteiger partial charge in [0.25, 0.3) is 0 Å². The van der Waals surface area contributed by atoms with Gasteiger partial charge in [-0.15, -0.1) is 22.7 Å². The predicted octanol–water partition coefficient (Wildman–Crippen LogP) is 3.24. The van der Waals surface area contributed by atoms with Gasteiger partial charge in [0.1, 0.15) is 11.0 Å². The van der Waals surface area contributed by atoms with E-state index < -0.39 is 0 Å². The summed E-state index contributed by atoms with van der Waals surface area (Å²) in [5.41, 5.74) is 2.50. The molecule has 2 aromatic heterocycles. The summed E-state index contributed by atoms with van der Waals surface area (Å²) in [4.78, 5) is 11.1. The lowest BCUT2D eigenvalue weighted by atomic mass is 10.2. The van der Waals surface area contributed by atoms with Gasteiger partial charge in [0.2, 0.25) is 0 Å². The Morgan fingerprint density at radius 3 is 2.89 bits per heavy atom. The SMILES string of the molecule is Cc1nc(C(NC2CC2)c2nc3c(s2)CCC3)cs1. The third kappa shape index (κ3) is 2.35. The molecule has 0 bridgehead atoms. The number of thiazole rings is 2. The van der Waals surface area contributed by atoms with Crippen molar-refractivity contribution >= 4 is 22.7 Å². The Balaban J connectivity index is 1.68. The van der Waals surface area contributed by atoms with E-state index in [4.69, 9.17) is 4.98 Å². The maximum Gasteiger partial charge on any atom is 0.116 e. The minimum Gasteiger partial charge on any atom is -0.300 e. The van der Waals surface area contributed by atoms with Gasteiger partial charge in [-0.05, 0) is 39.0 Å². The maximum atomic E-state index is 4.88. The number of nitrogens with one attached hydrogen (secondary N) is 1. The van der Waals surface area contributed by atoms with Gasteiger partial charge in [-0.3, -0.25) is 0 Å². The molecule has 0 saturated heterocycles. The third-order valence-corrected chi connectivity index (χ3v) is 5.79. The lowest BCUT2D eigenvalue weighted by molar-refractivity contribution is 0.585. The number of hydrogen-bond acceptors (Lipinski definition) is 5. The molecule has 0 spiro atoms. The Morgan fingerprint density at radius 1 is 1.32 bits per heavy atom. The monoisotopic (exact) mass is 291 g/mol. The lowest BCUT2D eigenvalue weighted by Gasteiger charge is -2.13. The van der Waals surface area contributed by atoms with Gasteiger partial charge >= 0.3 is 0 Å². The first-order valence-corrected chi connectivity index (χ1v) is 8.66. The summed E-state index contributed by atoms with van der Waals surface area (Å²) in [7, 11) is 0. The van der Waals surface area contributed by atoms with Crippen LogP contribution in [0.5, 0.6) is 0 Å². The van der Waals surface area contributed by atoms with Crippen molar-refractivity contribution in [1.82, 2.24) is 15.3 Å². The molecular weight excluding hydrogens is 274 g/mol. The van der Waals surface area contributed by atoms with Crippen LogP contribution in [-0.2, 0) is 12.8 Å². The molecule has 2 heterocycles. The number of nitrogens with zero attached hydrogens (tertiary/aromatic N) is 2. The standard InChI is InChI=1S/C14H17N3S2/c1-8-15-11(7-18-8)13(16-9-5-6-9)14-17-10-3-2-4-12(10)19-14/h7,9,13,16H,2-6H2,1H3. The summed E-state index contributed by atoms with van der Waals surface area (Å²) in [5.74, 6) is 0. The van der Waals surface area contributed by atoms with Gasteiger partial charge in [-0.25, -0.2) is 9.97 Å². The molecule has 100 valence electrons. The molecule has 5 heteroatoms. The van der Waals surface area contributed by atoms with Crippen LogP contribution in [0.25, 0.3) is 0 Å². The second kappa shape index (κ2) is 4.65. The summed E-state index contributed by atoms with van der Waals surface area (Å²) in [6.45, 7) is 2.07. The molecule has 2 aliphatic carbocycles. The Hall–Kier alpha value is -0.780. The van der Waals surface area contributed by atoms with Crippen molar-refractivity contribution in [3.63, 3.8) is 0 Å². The molecule has 19 heavy (non-hydrogen) atoms. The Bertz CT molecular complexity index is 576. The van der Waals surface area contributed by atoms with Crippen LogP contribution in [0.3, 0.4) is 0 Å². The summed E-state index contributed by atoms with van der Waals surface area (Å²) in [6.07, 6.45) is 6.26. The lowest BCUT2D eigenvalue weighted by Crippen LogP contribution is -2.24. The van der Waals surface area contributed by atoms with E-state index in [0.29, 0.717) is 6.04 Å². The molecule has 0 aliphatic heterocycles. The fraction of sp³-hybridized carbons (Fsp3) is 0.571. The molecule has 0 radical (unpaired) electrons. The molecule has 1 saturated carbocycles. The van der Waals surface area contributed by atoms with Crippen LogP contribution >= 0.6 is 22.7 Å².